The number of rotatable bonds is 10. The lowest BCUT2D eigenvalue weighted by Gasteiger charge is -2.35. The summed E-state index contributed by atoms with van der Waals surface area (Å²) in [5.74, 6) is 0.928. The number of carbonyl (C=O) groups is 1. The van der Waals surface area contributed by atoms with E-state index in [1.165, 1.54) is 24.6 Å². The first-order chi connectivity index (χ1) is 13.5. The molecular formula is C18H23ClN4O4S. The molecule has 28 heavy (non-hydrogen) atoms. The van der Waals surface area contributed by atoms with E-state index in [1.807, 2.05) is 12.3 Å². The fourth-order valence-electron chi connectivity index (χ4n) is 2.81. The van der Waals surface area contributed by atoms with E-state index in [0.717, 1.165) is 17.8 Å². The quantitative estimate of drug-likeness (QED) is 0.624. The van der Waals surface area contributed by atoms with E-state index in [-0.39, 0.29) is 29.0 Å². The number of aromatic nitrogens is 3. The summed E-state index contributed by atoms with van der Waals surface area (Å²) in [5, 5.41) is 5.78. The zero-order chi connectivity index (χ0) is 19.9. The highest BCUT2D eigenvalue weighted by Crippen LogP contribution is 2.34. The molecule has 0 aliphatic heterocycles. The smallest absolute Gasteiger partial charge is 0.240 e. The Morgan fingerprint density at radius 3 is 2.75 bits per heavy atom. The Balaban J connectivity index is 1.38. The second kappa shape index (κ2) is 9.99. The van der Waals surface area contributed by atoms with Gasteiger partial charge in [0.2, 0.25) is 17.7 Å². The predicted octanol–water partition coefficient (Wildman–Crippen LogP) is 2.86. The first-order valence-electron chi connectivity index (χ1n) is 9.04. The molecule has 1 fully saturated rings. The van der Waals surface area contributed by atoms with Crippen LogP contribution in [-0.2, 0) is 16.1 Å². The van der Waals surface area contributed by atoms with E-state index >= 15 is 0 Å². The molecular weight excluding hydrogens is 404 g/mol. The maximum Gasteiger partial charge on any atom is 0.240 e. The average molecular weight is 427 g/mol. The summed E-state index contributed by atoms with van der Waals surface area (Å²) < 4.78 is 17.1. The van der Waals surface area contributed by atoms with Crippen LogP contribution in [0.4, 0.5) is 0 Å². The van der Waals surface area contributed by atoms with Crippen molar-refractivity contribution in [1.29, 1.82) is 0 Å². The molecule has 2 aromatic heterocycles. The minimum absolute atomic E-state index is 0.00965. The third-order valence-electron chi connectivity index (χ3n) is 4.22. The van der Waals surface area contributed by atoms with Crippen LogP contribution >= 0.6 is 22.9 Å². The molecule has 0 spiro atoms. The fourth-order valence-corrected chi connectivity index (χ4v) is 3.54. The monoisotopic (exact) mass is 426 g/mol. The Morgan fingerprint density at radius 2 is 2.07 bits per heavy atom. The third-order valence-corrected chi connectivity index (χ3v) is 5.30. The molecule has 1 amide bonds. The highest BCUT2D eigenvalue weighted by molar-refractivity contribution is 7.09. The number of thiazole rings is 1. The minimum atomic E-state index is -0.0484. The van der Waals surface area contributed by atoms with Crippen molar-refractivity contribution in [3.05, 3.63) is 27.9 Å². The van der Waals surface area contributed by atoms with Crippen molar-refractivity contribution < 1.29 is 19.0 Å². The molecule has 0 unspecified atom stereocenters. The van der Waals surface area contributed by atoms with Crippen molar-refractivity contribution in [3.63, 3.8) is 0 Å². The van der Waals surface area contributed by atoms with Crippen molar-refractivity contribution >= 4 is 28.8 Å². The van der Waals surface area contributed by atoms with Gasteiger partial charge in [0.05, 0.1) is 19.3 Å². The Morgan fingerprint density at radius 1 is 1.32 bits per heavy atom. The maximum atomic E-state index is 11.0. The van der Waals surface area contributed by atoms with E-state index < -0.39 is 0 Å². The first-order valence-corrected chi connectivity index (χ1v) is 10.3. The molecule has 1 saturated carbocycles. The summed E-state index contributed by atoms with van der Waals surface area (Å²) in [7, 11) is 0. The number of hydrogen-bond acceptors (Lipinski definition) is 8. The summed E-state index contributed by atoms with van der Waals surface area (Å²) in [4.78, 5) is 23.3. The summed E-state index contributed by atoms with van der Waals surface area (Å²) in [6, 6.07) is 0.00965. The van der Waals surface area contributed by atoms with Crippen molar-refractivity contribution in [1.82, 2.24) is 20.3 Å². The molecule has 1 N–H and O–H groups in total. The second-order valence-corrected chi connectivity index (χ2v) is 8.07. The SMILES string of the molecule is CC(=O)N[C@@H](C)CO[C@H]1C[C@H](COc2ncnc(OCc3nccs3)c2Cl)C1. The highest BCUT2D eigenvalue weighted by atomic mass is 35.5. The predicted molar refractivity (Wildman–Crippen MR) is 105 cm³/mol. The van der Waals surface area contributed by atoms with Crippen LogP contribution in [0.3, 0.4) is 0 Å². The van der Waals surface area contributed by atoms with E-state index in [1.54, 1.807) is 6.20 Å². The van der Waals surface area contributed by atoms with Crippen LogP contribution in [0.5, 0.6) is 11.8 Å². The molecule has 0 radical (unpaired) electrons. The van der Waals surface area contributed by atoms with Crippen LogP contribution in [0.15, 0.2) is 17.9 Å². The number of nitrogens with zero attached hydrogens (tertiary/aromatic N) is 3. The summed E-state index contributed by atoms with van der Waals surface area (Å²) in [6.07, 6.45) is 5.10. The molecule has 3 rings (SSSR count). The molecule has 1 aliphatic carbocycles. The Hall–Kier alpha value is -1.97. The lowest BCUT2D eigenvalue weighted by molar-refractivity contribution is -0.120. The van der Waals surface area contributed by atoms with Crippen LogP contribution in [0.2, 0.25) is 5.02 Å². The molecule has 0 bridgehead atoms. The average Bonchev–Trinajstić information content (AvgIpc) is 3.13. The summed E-state index contributed by atoms with van der Waals surface area (Å²) in [6.45, 7) is 4.73. The molecule has 2 aromatic rings. The number of amides is 1. The molecule has 1 atom stereocenters. The van der Waals surface area contributed by atoms with Gasteiger partial charge in [0.1, 0.15) is 17.9 Å². The van der Waals surface area contributed by atoms with E-state index in [9.17, 15) is 4.79 Å². The largest absolute Gasteiger partial charge is 0.476 e. The normalized spacial score (nSPS) is 19.5. The van der Waals surface area contributed by atoms with E-state index in [4.69, 9.17) is 25.8 Å². The molecule has 0 saturated heterocycles. The number of halogens is 1. The lowest BCUT2D eigenvalue weighted by atomic mass is 9.83. The van der Waals surface area contributed by atoms with Gasteiger partial charge in [0, 0.05) is 24.5 Å². The van der Waals surface area contributed by atoms with Gasteiger partial charge < -0.3 is 19.5 Å². The van der Waals surface area contributed by atoms with Crippen LogP contribution < -0.4 is 14.8 Å². The standard InChI is InChI=1S/C18H23ClN4O4S/c1-11(23-12(2)24)7-25-14-5-13(6-14)8-26-17-16(19)18(22-10-21-17)27-9-15-20-3-4-28-15/h3-4,10-11,13-14H,5-9H2,1-2H3,(H,23,24)/t11-,13-,14-/m0/s1. The van der Waals surface area contributed by atoms with Crippen LogP contribution in [0.1, 0.15) is 31.7 Å². The topological polar surface area (TPSA) is 95.5 Å². The van der Waals surface area contributed by atoms with E-state index in [0.29, 0.717) is 31.6 Å². The fraction of sp³-hybridized carbons (Fsp3) is 0.556. The van der Waals surface area contributed by atoms with Crippen molar-refractivity contribution in [2.24, 2.45) is 5.92 Å². The molecule has 8 nitrogen and oxygen atoms in total. The Bertz CT molecular complexity index is 771. The van der Waals surface area contributed by atoms with Crippen molar-refractivity contribution in [2.75, 3.05) is 13.2 Å². The van der Waals surface area contributed by atoms with Gasteiger partial charge in [0.15, 0.2) is 5.02 Å². The number of nitrogens with one attached hydrogen (secondary N) is 1. The van der Waals surface area contributed by atoms with Gasteiger partial charge in [-0.3, -0.25) is 4.79 Å². The third kappa shape index (κ3) is 6.02. The summed E-state index contributed by atoms with van der Waals surface area (Å²) in [5.41, 5.74) is 0. The maximum absolute atomic E-state index is 11.0. The molecule has 10 heteroatoms. The molecule has 152 valence electrons. The van der Waals surface area contributed by atoms with Crippen LogP contribution in [-0.4, -0.2) is 46.2 Å². The minimum Gasteiger partial charge on any atom is -0.476 e. The molecule has 1 aliphatic rings. The Labute approximate surface area is 172 Å². The number of hydrogen-bond donors (Lipinski definition) is 1. The summed E-state index contributed by atoms with van der Waals surface area (Å²) >= 11 is 7.80. The van der Waals surface area contributed by atoms with Gasteiger partial charge in [0.25, 0.3) is 0 Å². The molecule has 2 heterocycles. The highest BCUT2D eigenvalue weighted by Gasteiger charge is 2.31. The zero-order valence-electron chi connectivity index (χ0n) is 15.8. The number of ether oxygens (including phenoxy) is 3. The Kier molecular flexibility index (Phi) is 7.41. The second-order valence-electron chi connectivity index (χ2n) is 6.72. The van der Waals surface area contributed by atoms with Crippen molar-refractivity contribution in [3.8, 4) is 11.8 Å². The number of carbonyl (C=O) groups excluding carboxylic acids is 1. The van der Waals surface area contributed by atoms with E-state index in [2.05, 4.69) is 20.3 Å². The van der Waals surface area contributed by atoms with Crippen molar-refractivity contribution in [2.45, 2.75) is 45.4 Å². The van der Waals surface area contributed by atoms with Crippen LogP contribution in [0, 0.1) is 5.92 Å². The van der Waals surface area contributed by atoms with Gasteiger partial charge in [-0.05, 0) is 25.7 Å². The van der Waals surface area contributed by atoms with Gasteiger partial charge in [-0.25, -0.2) is 15.0 Å². The van der Waals surface area contributed by atoms with Gasteiger partial charge in [-0.1, -0.05) is 11.6 Å². The van der Waals surface area contributed by atoms with Crippen LogP contribution in [0.25, 0.3) is 0 Å². The zero-order valence-corrected chi connectivity index (χ0v) is 17.3. The van der Waals surface area contributed by atoms with Gasteiger partial charge in [-0.15, -0.1) is 11.3 Å². The van der Waals surface area contributed by atoms with Gasteiger partial charge >= 0.3 is 0 Å². The lowest BCUT2D eigenvalue weighted by Crippen LogP contribution is -2.40. The molecule has 0 aromatic carbocycles. The first kappa shape index (κ1) is 20.8. The van der Waals surface area contributed by atoms with Gasteiger partial charge in [-0.2, -0.15) is 0 Å².